The van der Waals surface area contributed by atoms with Crippen LogP contribution in [0.2, 0.25) is 0 Å². The number of ether oxygens (including phenoxy) is 2. The average Bonchev–Trinajstić information content (AvgIpc) is 2.78. The molecule has 0 radical (unpaired) electrons. The van der Waals surface area contributed by atoms with Crippen molar-refractivity contribution in [2.45, 2.75) is 11.1 Å². The summed E-state index contributed by atoms with van der Waals surface area (Å²) < 4.78 is 11.8. The minimum absolute atomic E-state index is 0.0200. The van der Waals surface area contributed by atoms with Gasteiger partial charge in [0.1, 0.15) is 16.6 Å². The van der Waals surface area contributed by atoms with Crippen LogP contribution >= 0.6 is 15.9 Å². The van der Waals surface area contributed by atoms with Gasteiger partial charge in [-0.15, -0.1) is 0 Å². The molecule has 0 aliphatic carbocycles. The number of benzene rings is 1. The molecule has 6 heteroatoms. The first-order valence-corrected chi connectivity index (χ1v) is 6.44. The van der Waals surface area contributed by atoms with Crippen LogP contribution in [0.25, 0.3) is 10.9 Å². The zero-order chi connectivity index (χ0) is 12.7. The number of halogens is 1. The third kappa shape index (κ3) is 1.72. The van der Waals surface area contributed by atoms with Gasteiger partial charge in [-0.05, 0) is 6.07 Å². The van der Waals surface area contributed by atoms with Gasteiger partial charge in [0.2, 0.25) is 0 Å². The summed E-state index contributed by atoms with van der Waals surface area (Å²) in [5.74, 6) is -0.369. The summed E-state index contributed by atoms with van der Waals surface area (Å²) in [5, 5.41) is 5.36. The van der Waals surface area contributed by atoms with Crippen molar-refractivity contribution in [1.29, 1.82) is 0 Å². The molecule has 1 fully saturated rings. The van der Waals surface area contributed by atoms with Crippen LogP contribution in [0.15, 0.2) is 24.4 Å². The Morgan fingerprint density at radius 3 is 3.06 bits per heavy atom. The molecule has 0 saturated carbocycles. The molecule has 1 aromatic heterocycles. The molecule has 2 heterocycles. The second kappa shape index (κ2) is 4.37. The second-order valence-electron chi connectivity index (χ2n) is 4.10. The highest BCUT2D eigenvalue weighted by Gasteiger charge is 2.32. The van der Waals surface area contributed by atoms with Crippen LogP contribution in [-0.2, 0) is 9.47 Å². The number of hydrogen-bond donors (Lipinski definition) is 0. The molecule has 0 spiro atoms. The topological polar surface area (TPSA) is 53.4 Å². The number of carbonyl (C=O) groups is 1. The maximum Gasteiger partial charge on any atom is 0.340 e. The Balaban J connectivity index is 2.08. The summed E-state index contributed by atoms with van der Waals surface area (Å²) >= 11 is 3.41. The Morgan fingerprint density at radius 2 is 2.44 bits per heavy atom. The number of rotatable bonds is 2. The highest BCUT2D eigenvalue weighted by atomic mass is 79.9. The smallest absolute Gasteiger partial charge is 0.340 e. The predicted octanol–water partition coefficient (Wildman–Crippen LogP) is 2.12. The number of aromatic nitrogens is 2. The first kappa shape index (κ1) is 11.7. The van der Waals surface area contributed by atoms with E-state index >= 15 is 0 Å². The van der Waals surface area contributed by atoms with Crippen molar-refractivity contribution < 1.29 is 14.3 Å². The SMILES string of the molecule is COC(=O)c1cccc2cn(C3COC3Br)nc12. The van der Waals surface area contributed by atoms with Crippen molar-refractivity contribution in [2.75, 3.05) is 13.7 Å². The molecule has 2 atom stereocenters. The minimum atomic E-state index is -0.369. The lowest BCUT2D eigenvalue weighted by atomic mass is 10.1. The van der Waals surface area contributed by atoms with Crippen molar-refractivity contribution in [3.63, 3.8) is 0 Å². The largest absolute Gasteiger partial charge is 0.465 e. The average molecular weight is 311 g/mol. The van der Waals surface area contributed by atoms with E-state index in [1.165, 1.54) is 7.11 Å². The summed E-state index contributed by atoms with van der Waals surface area (Å²) in [4.78, 5) is 11.6. The van der Waals surface area contributed by atoms with Gasteiger partial charge in [-0.2, -0.15) is 5.10 Å². The molecule has 5 nitrogen and oxygen atoms in total. The maximum atomic E-state index is 11.6. The van der Waals surface area contributed by atoms with Gasteiger partial charge in [0, 0.05) is 11.6 Å². The number of fused-ring (bicyclic) bond motifs is 1. The Hall–Kier alpha value is -1.40. The summed E-state index contributed by atoms with van der Waals surface area (Å²) in [6, 6.07) is 5.63. The van der Waals surface area contributed by atoms with E-state index in [0.29, 0.717) is 17.7 Å². The molecule has 1 aromatic carbocycles. The third-order valence-electron chi connectivity index (χ3n) is 3.03. The van der Waals surface area contributed by atoms with Crippen LogP contribution in [0.5, 0.6) is 0 Å². The van der Waals surface area contributed by atoms with Gasteiger partial charge < -0.3 is 9.47 Å². The number of nitrogens with zero attached hydrogens (tertiary/aromatic N) is 2. The Kier molecular flexibility index (Phi) is 2.83. The molecule has 3 rings (SSSR count). The highest BCUT2D eigenvalue weighted by molar-refractivity contribution is 9.09. The lowest BCUT2D eigenvalue weighted by Crippen LogP contribution is -2.37. The third-order valence-corrected chi connectivity index (χ3v) is 3.90. The van der Waals surface area contributed by atoms with Crippen LogP contribution < -0.4 is 0 Å². The Labute approximate surface area is 112 Å². The van der Waals surface area contributed by atoms with Gasteiger partial charge in [0.15, 0.2) is 0 Å². The fourth-order valence-corrected chi connectivity index (χ4v) is 2.51. The molecular weight excluding hydrogens is 300 g/mol. The van der Waals surface area contributed by atoms with Crippen molar-refractivity contribution >= 4 is 32.8 Å². The lowest BCUT2D eigenvalue weighted by molar-refractivity contribution is -0.0492. The molecule has 1 aliphatic rings. The fraction of sp³-hybridized carbons (Fsp3) is 0.333. The molecule has 18 heavy (non-hydrogen) atoms. The Bertz CT molecular complexity index is 610. The van der Waals surface area contributed by atoms with E-state index in [1.54, 1.807) is 6.07 Å². The number of methoxy groups -OCH3 is 1. The monoisotopic (exact) mass is 310 g/mol. The summed E-state index contributed by atoms with van der Waals surface area (Å²) in [5.41, 5.74) is 1.15. The lowest BCUT2D eigenvalue weighted by Gasteiger charge is -2.32. The molecule has 2 unspecified atom stereocenters. The van der Waals surface area contributed by atoms with Crippen LogP contribution in [0.1, 0.15) is 16.4 Å². The molecule has 1 saturated heterocycles. The second-order valence-corrected chi connectivity index (χ2v) is 5.00. The van der Waals surface area contributed by atoms with Gasteiger partial charge in [-0.1, -0.05) is 28.1 Å². The number of hydrogen-bond acceptors (Lipinski definition) is 4. The summed E-state index contributed by atoms with van der Waals surface area (Å²) in [6.07, 6.45) is 1.92. The van der Waals surface area contributed by atoms with Crippen LogP contribution in [0.4, 0.5) is 0 Å². The first-order valence-electron chi connectivity index (χ1n) is 5.52. The summed E-state index contributed by atoms with van der Waals surface area (Å²) in [6.45, 7) is 0.622. The molecule has 2 aromatic rings. The zero-order valence-corrected chi connectivity index (χ0v) is 11.3. The fourth-order valence-electron chi connectivity index (χ4n) is 1.96. The molecular formula is C12H11BrN2O3. The molecule has 0 N–H and O–H groups in total. The van der Waals surface area contributed by atoms with E-state index in [4.69, 9.17) is 9.47 Å². The van der Waals surface area contributed by atoms with Gasteiger partial charge in [0.25, 0.3) is 0 Å². The van der Waals surface area contributed by atoms with Gasteiger partial charge in [-0.3, -0.25) is 4.68 Å². The van der Waals surface area contributed by atoms with Crippen molar-refractivity contribution in [3.05, 3.63) is 30.0 Å². The maximum absolute atomic E-state index is 11.6. The number of carbonyl (C=O) groups excluding carboxylic acids is 1. The van der Waals surface area contributed by atoms with Gasteiger partial charge in [0.05, 0.1) is 19.3 Å². The van der Waals surface area contributed by atoms with E-state index in [0.717, 1.165) is 5.39 Å². The predicted molar refractivity (Wildman–Crippen MR) is 68.8 cm³/mol. The van der Waals surface area contributed by atoms with Crippen molar-refractivity contribution in [3.8, 4) is 0 Å². The van der Waals surface area contributed by atoms with E-state index in [1.807, 2.05) is 23.0 Å². The molecule has 0 bridgehead atoms. The standard InChI is InChI=1S/C12H11BrN2O3/c1-17-12(16)8-4-2-3-7-5-15(14-10(7)8)9-6-18-11(9)13/h2-5,9,11H,6H2,1H3. The van der Waals surface area contributed by atoms with Crippen molar-refractivity contribution in [2.24, 2.45) is 0 Å². The normalized spacial score (nSPS) is 22.8. The minimum Gasteiger partial charge on any atom is -0.465 e. The molecule has 94 valence electrons. The van der Waals surface area contributed by atoms with E-state index in [9.17, 15) is 4.79 Å². The quantitative estimate of drug-likeness (QED) is 0.630. The van der Waals surface area contributed by atoms with Gasteiger partial charge in [-0.25, -0.2) is 4.79 Å². The van der Waals surface area contributed by atoms with Crippen LogP contribution in [-0.4, -0.2) is 34.5 Å². The van der Waals surface area contributed by atoms with E-state index < -0.39 is 0 Å². The van der Waals surface area contributed by atoms with Crippen molar-refractivity contribution in [1.82, 2.24) is 9.78 Å². The molecule has 0 amide bonds. The zero-order valence-electron chi connectivity index (χ0n) is 9.67. The summed E-state index contributed by atoms with van der Waals surface area (Å²) in [7, 11) is 1.37. The highest BCUT2D eigenvalue weighted by Crippen LogP contribution is 2.31. The van der Waals surface area contributed by atoms with Crippen LogP contribution in [0.3, 0.4) is 0 Å². The van der Waals surface area contributed by atoms with Gasteiger partial charge >= 0.3 is 5.97 Å². The van der Waals surface area contributed by atoms with Crippen LogP contribution in [0, 0.1) is 0 Å². The Morgan fingerprint density at radius 1 is 1.61 bits per heavy atom. The van der Waals surface area contributed by atoms with E-state index in [-0.39, 0.29) is 17.0 Å². The van der Waals surface area contributed by atoms with E-state index in [2.05, 4.69) is 21.0 Å². The molecule has 1 aliphatic heterocycles. The number of esters is 1. The first-order chi connectivity index (χ1) is 8.70. The number of alkyl halides is 1.